The van der Waals surface area contributed by atoms with Crippen molar-refractivity contribution in [3.05, 3.63) is 35.4 Å². The number of hydrogen-bond donors (Lipinski definition) is 2. The van der Waals surface area contributed by atoms with Crippen LogP contribution < -0.4 is 5.73 Å². The van der Waals surface area contributed by atoms with Crippen LogP contribution in [0.4, 0.5) is 0 Å². The quantitative estimate of drug-likeness (QED) is 0.801. The van der Waals surface area contributed by atoms with Crippen molar-refractivity contribution in [2.24, 2.45) is 5.73 Å². The standard InChI is InChI=1S/C13H19NO2/c1-3-5-11(12(14)13(15)16)10-7-4-6-9(2)8-10/h4,6-8,11-12H,3,5,14H2,1-2H3,(H,15,16). The molecule has 1 aromatic rings. The number of carboxylic acid groups (broad SMARTS) is 1. The fourth-order valence-corrected chi connectivity index (χ4v) is 1.94. The molecule has 0 aliphatic rings. The van der Waals surface area contributed by atoms with Crippen molar-refractivity contribution in [2.75, 3.05) is 0 Å². The van der Waals surface area contributed by atoms with Crippen LogP contribution in [0.1, 0.15) is 36.8 Å². The van der Waals surface area contributed by atoms with Crippen molar-refractivity contribution in [2.45, 2.75) is 38.6 Å². The third-order valence-electron chi connectivity index (χ3n) is 2.79. The van der Waals surface area contributed by atoms with Crippen molar-refractivity contribution in [3.63, 3.8) is 0 Å². The van der Waals surface area contributed by atoms with E-state index >= 15 is 0 Å². The number of carbonyl (C=O) groups is 1. The van der Waals surface area contributed by atoms with Gasteiger partial charge in [0.15, 0.2) is 0 Å². The number of aliphatic carboxylic acids is 1. The lowest BCUT2D eigenvalue weighted by molar-refractivity contribution is -0.139. The van der Waals surface area contributed by atoms with Crippen molar-refractivity contribution in [1.82, 2.24) is 0 Å². The largest absolute Gasteiger partial charge is 0.480 e. The van der Waals surface area contributed by atoms with E-state index in [9.17, 15) is 4.79 Å². The predicted molar refractivity (Wildman–Crippen MR) is 64.4 cm³/mol. The molecule has 0 saturated carbocycles. The van der Waals surface area contributed by atoms with Gasteiger partial charge in [0.05, 0.1) is 0 Å². The first kappa shape index (κ1) is 12.7. The van der Waals surface area contributed by atoms with E-state index in [-0.39, 0.29) is 5.92 Å². The Bertz CT molecular complexity index is 363. The Labute approximate surface area is 96.3 Å². The van der Waals surface area contributed by atoms with Gasteiger partial charge in [0.1, 0.15) is 6.04 Å². The minimum absolute atomic E-state index is 0.0950. The first-order valence-electron chi connectivity index (χ1n) is 5.61. The molecule has 16 heavy (non-hydrogen) atoms. The normalized spacial score (nSPS) is 14.4. The molecule has 0 fully saturated rings. The average molecular weight is 221 g/mol. The molecular formula is C13H19NO2. The number of benzene rings is 1. The van der Waals surface area contributed by atoms with Gasteiger partial charge in [-0.3, -0.25) is 4.79 Å². The highest BCUT2D eigenvalue weighted by Gasteiger charge is 2.24. The van der Waals surface area contributed by atoms with Crippen molar-refractivity contribution >= 4 is 5.97 Å². The molecule has 3 nitrogen and oxygen atoms in total. The molecule has 0 spiro atoms. The molecule has 0 amide bonds. The molecule has 0 radical (unpaired) electrons. The second-order valence-corrected chi connectivity index (χ2v) is 4.17. The molecule has 0 aromatic heterocycles. The second kappa shape index (κ2) is 5.66. The number of nitrogens with two attached hydrogens (primary N) is 1. The minimum atomic E-state index is -0.931. The summed E-state index contributed by atoms with van der Waals surface area (Å²) >= 11 is 0. The molecule has 0 bridgehead atoms. The van der Waals surface area contributed by atoms with Gasteiger partial charge in [-0.15, -0.1) is 0 Å². The molecule has 88 valence electrons. The smallest absolute Gasteiger partial charge is 0.321 e. The fourth-order valence-electron chi connectivity index (χ4n) is 1.94. The Hall–Kier alpha value is -1.35. The highest BCUT2D eigenvalue weighted by molar-refractivity contribution is 5.74. The predicted octanol–water partition coefficient (Wildman–Crippen LogP) is 2.29. The molecular weight excluding hydrogens is 202 g/mol. The van der Waals surface area contributed by atoms with E-state index in [2.05, 4.69) is 0 Å². The van der Waals surface area contributed by atoms with Crippen LogP contribution in [0, 0.1) is 6.92 Å². The highest BCUT2D eigenvalue weighted by atomic mass is 16.4. The van der Waals surface area contributed by atoms with Crippen LogP contribution in [-0.2, 0) is 4.79 Å². The molecule has 0 aliphatic carbocycles. The summed E-state index contributed by atoms with van der Waals surface area (Å²) < 4.78 is 0. The molecule has 0 saturated heterocycles. The van der Waals surface area contributed by atoms with Gasteiger partial charge in [0.25, 0.3) is 0 Å². The zero-order chi connectivity index (χ0) is 12.1. The average Bonchev–Trinajstić information content (AvgIpc) is 2.24. The molecule has 1 aromatic carbocycles. The lowest BCUT2D eigenvalue weighted by Gasteiger charge is -2.21. The topological polar surface area (TPSA) is 63.3 Å². The first-order valence-corrected chi connectivity index (χ1v) is 5.61. The molecule has 0 aliphatic heterocycles. The third kappa shape index (κ3) is 3.07. The fraction of sp³-hybridized carbons (Fsp3) is 0.462. The maximum Gasteiger partial charge on any atom is 0.321 e. The van der Waals surface area contributed by atoms with Crippen LogP contribution in [0.25, 0.3) is 0 Å². The molecule has 3 N–H and O–H groups in total. The van der Waals surface area contributed by atoms with Crippen molar-refractivity contribution < 1.29 is 9.90 Å². The first-order chi connectivity index (χ1) is 7.56. The van der Waals surface area contributed by atoms with Gasteiger partial charge in [-0.1, -0.05) is 43.2 Å². The number of carboxylic acids is 1. The lowest BCUT2D eigenvalue weighted by atomic mass is 9.87. The summed E-state index contributed by atoms with van der Waals surface area (Å²) in [5, 5.41) is 8.98. The van der Waals surface area contributed by atoms with E-state index in [1.54, 1.807) is 0 Å². The summed E-state index contributed by atoms with van der Waals surface area (Å²) in [5.41, 5.74) is 7.89. The number of aryl methyl sites for hydroxylation is 1. The van der Waals surface area contributed by atoms with Gasteiger partial charge >= 0.3 is 5.97 Å². The van der Waals surface area contributed by atoms with Gasteiger partial charge in [-0.05, 0) is 18.9 Å². The van der Waals surface area contributed by atoms with Crippen LogP contribution in [0.3, 0.4) is 0 Å². The Morgan fingerprint density at radius 3 is 2.69 bits per heavy atom. The zero-order valence-corrected chi connectivity index (χ0v) is 9.81. The summed E-state index contributed by atoms with van der Waals surface area (Å²) in [4.78, 5) is 10.9. The maximum atomic E-state index is 10.9. The Balaban J connectivity index is 2.97. The maximum absolute atomic E-state index is 10.9. The Morgan fingerprint density at radius 1 is 1.50 bits per heavy atom. The number of rotatable bonds is 5. The minimum Gasteiger partial charge on any atom is -0.480 e. The van der Waals surface area contributed by atoms with Crippen LogP contribution in [0.15, 0.2) is 24.3 Å². The summed E-state index contributed by atoms with van der Waals surface area (Å²) in [6.07, 6.45) is 1.73. The van der Waals surface area contributed by atoms with Gasteiger partial charge in [-0.25, -0.2) is 0 Å². The molecule has 2 unspecified atom stereocenters. The monoisotopic (exact) mass is 221 g/mol. The SMILES string of the molecule is CCCC(c1cccc(C)c1)C(N)C(=O)O. The van der Waals surface area contributed by atoms with E-state index in [1.165, 1.54) is 0 Å². The summed E-state index contributed by atoms with van der Waals surface area (Å²) in [5.74, 6) is -1.03. The van der Waals surface area contributed by atoms with E-state index < -0.39 is 12.0 Å². The van der Waals surface area contributed by atoms with E-state index in [0.29, 0.717) is 0 Å². The van der Waals surface area contributed by atoms with Crippen LogP contribution >= 0.6 is 0 Å². The van der Waals surface area contributed by atoms with Gasteiger partial charge < -0.3 is 10.8 Å². The van der Waals surface area contributed by atoms with Crippen molar-refractivity contribution in [3.8, 4) is 0 Å². The molecule has 3 heteroatoms. The zero-order valence-electron chi connectivity index (χ0n) is 9.81. The second-order valence-electron chi connectivity index (χ2n) is 4.17. The van der Waals surface area contributed by atoms with Gasteiger partial charge in [0, 0.05) is 5.92 Å². The summed E-state index contributed by atoms with van der Waals surface area (Å²) in [7, 11) is 0. The molecule has 0 heterocycles. The summed E-state index contributed by atoms with van der Waals surface area (Å²) in [6, 6.07) is 7.10. The lowest BCUT2D eigenvalue weighted by Crippen LogP contribution is -2.36. The Kier molecular flexibility index (Phi) is 4.50. The van der Waals surface area contributed by atoms with Gasteiger partial charge in [-0.2, -0.15) is 0 Å². The molecule has 2 atom stereocenters. The van der Waals surface area contributed by atoms with Crippen LogP contribution in [0.5, 0.6) is 0 Å². The number of hydrogen-bond acceptors (Lipinski definition) is 2. The van der Waals surface area contributed by atoms with Crippen LogP contribution in [-0.4, -0.2) is 17.1 Å². The van der Waals surface area contributed by atoms with E-state index in [4.69, 9.17) is 10.8 Å². The van der Waals surface area contributed by atoms with E-state index in [1.807, 2.05) is 38.1 Å². The summed E-state index contributed by atoms with van der Waals surface area (Å²) in [6.45, 7) is 4.04. The molecule has 1 rings (SSSR count). The van der Waals surface area contributed by atoms with Crippen molar-refractivity contribution in [1.29, 1.82) is 0 Å². The van der Waals surface area contributed by atoms with Gasteiger partial charge in [0.2, 0.25) is 0 Å². The Morgan fingerprint density at radius 2 is 2.19 bits per heavy atom. The third-order valence-corrected chi connectivity index (χ3v) is 2.79. The van der Waals surface area contributed by atoms with Crippen LogP contribution in [0.2, 0.25) is 0 Å². The highest BCUT2D eigenvalue weighted by Crippen LogP contribution is 2.25. The van der Waals surface area contributed by atoms with E-state index in [0.717, 1.165) is 24.0 Å².